The number of hydrogen-bond acceptors (Lipinski definition) is 5. The van der Waals surface area contributed by atoms with Gasteiger partial charge in [0.2, 0.25) is 0 Å². The lowest BCUT2D eigenvalue weighted by atomic mass is 10.2. The first-order valence-electron chi connectivity index (χ1n) is 8.00. The lowest BCUT2D eigenvalue weighted by Crippen LogP contribution is -2.44. The molecule has 1 fully saturated rings. The average molecular weight is 333 g/mol. The number of hydrogen-bond donors (Lipinski definition) is 2. The summed E-state index contributed by atoms with van der Waals surface area (Å²) in [4.78, 5) is 37.1. The number of carbonyl (C=O) groups is 3. The van der Waals surface area contributed by atoms with Crippen molar-refractivity contribution in [2.75, 3.05) is 25.6 Å². The molecule has 0 heterocycles. The van der Waals surface area contributed by atoms with Gasteiger partial charge in [-0.15, -0.1) is 0 Å². The van der Waals surface area contributed by atoms with Gasteiger partial charge in [-0.2, -0.15) is 0 Å². The van der Waals surface area contributed by atoms with Gasteiger partial charge in [0.1, 0.15) is 0 Å². The van der Waals surface area contributed by atoms with Gasteiger partial charge in [-0.05, 0) is 37.1 Å². The molecule has 0 atom stereocenters. The van der Waals surface area contributed by atoms with Crippen LogP contribution in [-0.2, 0) is 9.53 Å². The first kappa shape index (κ1) is 17.8. The predicted molar refractivity (Wildman–Crippen MR) is 90.0 cm³/mol. The van der Waals surface area contributed by atoms with Crippen LogP contribution in [0.15, 0.2) is 24.3 Å². The molecule has 3 amide bonds. The van der Waals surface area contributed by atoms with Crippen molar-refractivity contribution in [3.05, 3.63) is 29.8 Å². The number of benzene rings is 1. The summed E-state index contributed by atoms with van der Waals surface area (Å²) in [6, 6.07) is 6.40. The number of esters is 1. The van der Waals surface area contributed by atoms with Crippen LogP contribution in [0.2, 0.25) is 0 Å². The topological polar surface area (TPSA) is 87.7 Å². The molecule has 1 aromatic rings. The van der Waals surface area contributed by atoms with E-state index in [9.17, 15) is 14.4 Å². The molecule has 0 unspecified atom stereocenters. The maximum atomic E-state index is 11.9. The highest BCUT2D eigenvalue weighted by atomic mass is 16.5. The van der Waals surface area contributed by atoms with E-state index >= 15 is 0 Å². The predicted octanol–water partition coefficient (Wildman–Crippen LogP) is 1.68. The standard InChI is InChI=1S/C17H23N3O4/c1-20(2)14-9-7-12(8-10-14)16(22)24-11-15(21)19-17(23)18-13-5-3-4-6-13/h7-10,13H,3-6,11H2,1-2H3,(H2,18,19,21,23). The highest BCUT2D eigenvalue weighted by Gasteiger charge is 2.18. The van der Waals surface area contributed by atoms with Crippen molar-refractivity contribution in [3.8, 4) is 0 Å². The van der Waals surface area contributed by atoms with E-state index in [0.717, 1.165) is 31.4 Å². The van der Waals surface area contributed by atoms with Crippen LogP contribution >= 0.6 is 0 Å². The van der Waals surface area contributed by atoms with Crippen LogP contribution in [0.5, 0.6) is 0 Å². The minimum Gasteiger partial charge on any atom is -0.452 e. The number of rotatable bonds is 5. The van der Waals surface area contributed by atoms with Crippen molar-refractivity contribution in [3.63, 3.8) is 0 Å². The highest BCUT2D eigenvalue weighted by molar-refractivity contribution is 5.97. The molecule has 0 bridgehead atoms. The normalized spacial score (nSPS) is 14.1. The number of urea groups is 1. The van der Waals surface area contributed by atoms with Crippen LogP contribution in [0.25, 0.3) is 0 Å². The Hall–Kier alpha value is -2.57. The summed E-state index contributed by atoms with van der Waals surface area (Å²) in [5.74, 6) is -1.25. The summed E-state index contributed by atoms with van der Waals surface area (Å²) in [5, 5.41) is 4.89. The van der Waals surface area contributed by atoms with Crippen molar-refractivity contribution in [1.29, 1.82) is 0 Å². The molecule has 1 saturated carbocycles. The molecule has 2 N–H and O–H groups in total. The molecule has 7 heteroatoms. The van der Waals surface area contributed by atoms with Gasteiger partial charge in [0, 0.05) is 25.8 Å². The van der Waals surface area contributed by atoms with Gasteiger partial charge in [-0.25, -0.2) is 9.59 Å². The molecule has 130 valence electrons. The van der Waals surface area contributed by atoms with E-state index < -0.39 is 24.5 Å². The number of nitrogens with zero attached hydrogens (tertiary/aromatic N) is 1. The Kier molecular flexibility index (Phi) is 6.17. The molecule has 0 radical (unpaired) electrons. The third-order valence-electron chi connectivity index (χ3n) is 3.90. The van der Waals surface area contributed by atoms with Gasteiger partial charge in [0.15, 0.2) is 6.61 Å². The number of anilines is 1. The van der Waals surface area contributed by atoms with E-state index in [0.29, 0.717) is 5.56 Å². The van der Waals surface area contributed by atoms with Gasteiger partial charge in [-0.3, -0.25) is 10.1 Å². The highest BCUT2D eigenvalue weighted by Crippen LogP contribution is 2.17. The summed E-state index contributed by atoms with van der Waals surface area (Å²) in [7, 11) is 3.79. The zero-order valence-corrected chi connectivity index (χ0v) is 14.0. The fourth-order valence-electron chi connectivity index (χ4n) is 2.56. The molecule has 7 nitrogen and oxygen atoms in total. The van der Waals surface area contributed by atoms with Gasteiger partial charge >= 0.3 is 12.0 Å². The second kappa shape index (κ2) is 8.33. The lowest BCUT2D eigenvalue weighted by Gasteiger charge is -2.13. The fraction of sp³-hybridized carbons (Fsp3) is 0.471. The summed E-state index contributed by atoms with van der Waals surface area (Å²) < 4.78 is 4.92. The molecule has 1 aliphatic rings. The van der Waals surface area contributed by atoms with Gasteiger partial charge in [0.25, 0.3) is 5.91 Å². The van der Waals surface area contributed by atoms with Crippen molar-refractivity contribution in [1.82, 2.24) is 10.6 Å². The zero-order chi connectivity index (χ0) is 17.5. The van der Waals surface area contributed by atoms with Crippen molar-refractivity contribution < 1.29 is 19.1 Å². The Labute approximate surface area is 141 Å². The number of ether oxygens (including phenoxy) is 1. The minimum absolute atomic E-state index is 0.121. The van der Waals surface area contributed by atoms with Gasteiger partial charge in [-0.1, -0.05) is 12.8 Å². The second-order valence-electron chi connectivity index (χ2n) is 6.02. The van der Waals surface area contributed by atoms with E-state index in [1.54, 1.807) is 24.3 Å². The first-order valence-corrected chi connectivity index (χ1v) is 8.00. The third-order valence-corrected chi connectivity index (χ3v) is 3.90. The molecule has 0 saturated heterocycles. The molecular weight excluding hydrogens is 310 g/mol. The number of nitrogens with one attached hydrogen (secondary N) is 2. The molecule has 1 aliphatic carbocycles. The third kappa shape index (κ3) is 5.26. The number of amides is 3. The molecule has 0 aliphatic heterocycles. The first-order chi connectivity index (χ1) is 11.5. The molecule has 2 rings (SSSR count). The van der Waals surface area contributed by atoms with Crippen LogP contribution in [0.1, 0.15) is 36.0 Å². The van der Waals surface area contributed by atoms with Crippen LogP contribution in [-0.4, -0.2) is 44.7 Å². The summed E-state index contributed by atoms with van der Waals surface area (Å²) in [5.41, 5.74) is 1.30. The maximum Gasteiger partial charge on any atom is 0.338 e. The van der Waals surface area contributed by atoms with Crippen LogP contribution in [0, 0.1) is 0 Å². The summed E-state index contributed by atoms with van der Waals surface area (Å²) in [6.07, 6.45) is 4.03. The Bertz CT molecular complexity index is 592. The quantitative estimate of drug-likeness (QED) is 0.801. The summed E-state index contributed by atoms with van der Waals surface area (Å²) >= 11 is 0. The van der Waals surface area contributed by atoms with Crippen molar-refractivity contribution in [2.24, 2.45) is 0 Å². The van der Waals surface area contributed by atoms with Gasteiger partial charge < -0.3 is 15.0 Å². The van der Waals surface area contributed by atoms with E-state index in [-0.39, 0.29) is 6.04 Å². The Balaban J connectivity index is 1.74. The van der Waals surface area contributed by atoms with Crippen molar-refractivity contribution >= 4 is 23.6 Å². The van der Waals surface area contributed by atoms with E-state index in [2.05, 4.69) is 10.6 Å². The molecule has 0 aromatic heterocycles. The maximum absolute atomic E-state index is 11.9. The van der Waals surface area contributed by atoms with Crippen LogP contribution < -0.4 is 15.5 Å². The molecule has 0 spiro atoms. The van der Waals surface area contributed by atoms with Gasteiger partial charge in [0.05, 0.1) is 5.56 Å². The van der Waals surface area contributed by atoms with Crippen molar-refractivity contribution in [2.45, 2.75) is 31.7 Å². The fourth-order valence-corrected chi connectivity index (χ4v) is 2.56. The zero-order valence-electron chi connectivity index (χ0n) is 14.0. The molecular formula is C17H23N3O4. The molecule has 24 heavy (non-hydrogen) atoms. The Morgan fingerprint density at radius 1 is 1.12 bits per heavy atom. The molecule has 1 aromatic carbocycles. The Morgan fingerprint density at radius 3 is 2.33 bits per heavy atom. The number of imide groups is 1. The smallest absolute Gasteiger partial charge is 0.338 e. The van der Waals surface area contributed by atoms with Crippen LogP contribution in [0.3, 0.4) is 0 Å². The largest absolute Gasteiger partial charge is 0.452 e. The lowest BCUT2D eigenvalue weighted by molar-refractivity contribution is -0.123. The van der Waals surface area contributed by atoms with E-state index in [1.165, 1.54) is 0 Å². The SMILES string of the molecule is CN(C)c1ccc(C(=O)OCC(=O)NC(=O)NC2CCCC2)cc1. The Morgan fingerprint density at radius 2 is 1.75 bits per heavy atom. The second-order valence-corrected chi connectivity index (χ2v) is 6.02. The van der Waals surface area contributed by atoms with Crippen LogP contribution in [0.4, 0.5) is 10.5 Å². The number of carbonyl (C=O) groups excluding carboxylic acids is 3. The van der Waals surface area contributed by atoms with E-state index in [4.69, 9.17) is 4.74 Å². The monoisotopic (exact) mass is 333 g/mol. The van der Waals surface area contributed by atoms with E-state index in [1.807, 2.05) is 19.0 Å². The minimum atomic E-state index is -0.649. The average Bonchev–Trinajstić information content (AvgIpc) is 3.05. The summed E-state index contributed by atoms with van der Waals surface area (Å²) in [6.45, 7) is -0.494.